The van der Waals surface area contributed by atoms with Gasteiger partial charge in [0.2, 0.25) is 0 Å². The number of carboxylic acids is 1. The molecule has 0 aliphatic heterocycles. The Hall–Kier alpha value is -2.17. The first kappa shape index (κ1) is 9.39. The average molecular weight is 204 g/mol. The van der Waals surface area contributed by atoms with E-state index in [1.165, 1.54) is 6.07 Å². The Morgan fingerprint density at radius 1 is 1.40 bits per heavy atom. The van der Waals surface area contributed by atoms with Crippen LogP contribution in [0.2, 0.25) is 0 Å². The second kappa shape index (κ2) is 3.20. The van der Waals surface area contributed by atoms with Gasteiger partial charge in [0.25, 0.3) is 5.78 Å². The number of aromatic nitrogens is 2. The zero-order valence-electron chi connectivity index (χ0n) is 7.97. The molecule has 1 aromatic carbocycles. The Morgan fingerprint density at radius 2 is 2.13 bits per heavy atom. The summed E-state index contributed by atoms with van der Waals surface area (Å²) in [5, 5.41) is 8.62. The third-order valence-corrected chi connectivity index (χ3v) is 2.19. The molecule has 76 valence electrons. The SMILES string of the molecule is Cn1cnc2c(C(=O)C(=O)O)cccc21. The first-order valence-electron chi connectivity index (χ1n) is 4.29. The van der Waals surface area contributed by atoms with Crippen molar-refractivity contribution < 1.29 is 14.7 Å². The van der Waals surface area contributed by atoms with Crippen LogP contribution >= 0.6 is 0 Å². The largest absolute Gasteiger partial charge is 0.475 e. The minimum atomic E-state index is -1.46. The molecule has 0 saturated carbocycles. The summed E-state index contributed by atoms with van der Waals surface area (Å²) in [7, 11) is 1.78. The first-order valence-corrected chi connectivity index (χ1v) is 4.29. The van der Waals surface area contributed by atoms with Crippen LogP contribution in [0.1, 0.15) is 10.4 Å². The van der Waals surface area contributed by atoms with Crippen molar-refractivity contribution in [3.05, 3.63) is 30.1 Å². The Bertz CT molecular complexity index is 557. The van der Waals surface area contributed by atoms with Crippen molar-refractivity contribution in [2.75, 3.05) is 0 Å². The van der Waals surface area contributed by atoms with Gasteiger partial charge in [0.05, 0.1) is 22.9 Å². The lowest BCUT2D eigenvalue weighted by atomic mass is 10.1. The van der Waals surface area contributed by atoms with Gasteiger partial charge in [0.1, 0.15) is 0 Å². The number of carboxylic acid groups (broad SMARTS) is 1. The van der Waals surface area contributed by atoms with Crippen LogP contribution in [0.3, 0.4) is 0 Å². The molecule has 5 nitrogen and oxygen atoms in total. The maximum absolute atomic E-state index is 11.3. The molecule has 0 atom stereocenters. The molecule has 0 unspecified atom stereocenters. The number of Topliss-reactive ketones (excluding diaryl/α,β-unsaturated/α-hetero) is 1. The molecule has 1 N–H and O–H groups in total. The summed E-state index contributed by atoms with van der Waals surface area (Å²) in [4.78, 5) is 25.9. The Balaban J connectivity index is 2.71. The second-order valence-corrected chi connectivity index (χ2v) is 3.16. The number of carbonyl (C=O) groups excluding carboxylic acids is 1. The predicted octanol–water partition coefficient (Wildman–Crippen LogP) is 0.841. The number of para-hydroxylation sites is 1. The van der Waals surface area contributed by atoms with Crippen LogP contribution in [-0.4, -0.2) is 26.4 Å². The number of ketones is 1. The molecule has 0 amide bonds. The van der Waals surface area contributed by atoms with E-state index in [0.717, 1.165) is 5.52 Å². The summed E-state index contributed by atoms with van der Waals surface area (Å²) in [6.07, 6.45) is 1.54. The maximum atomic E-state index is 11.3. The van der Waals surface area contributed by atoms with E-state index in [2.05, 4.69) is 4.98 Å². The van der Waals surface area contributed by atoms with Crippen LogP contribution in [0.25, 0.3) is 11.0 Å². The third-order valence-electron chi connectivity index (χ3n) is 2.19. The van der Waals surface area contributed by atoms with E-state index in [1.807, 2.05) is 0 Å². The van der Waals surface area contributed by atoms with Gasteiger partial charge in [0.15, 0.2) is 0 Å². The van der Waals surface area contributed by atoms with Gasteiger partial charge >= 0.3 is 5.97 Å². The van der Waals surface area contributed by atoms with Gasteiger partial charge in [-0.1, -0.05) is 6.07 Å². The molecule has 0 aliphatic rings. The van der Waals surface area contributed by atoms with Crippen molar-refractivity contribution in [3.63, 3.8) is 0 Å². The lowest BCUT2D eigenvalue weighted by Gasteiger charge is -1.98. The summed E-state index contributed by atoms with van der Waals surface area (Å²) >= 11 is 0. The van der Waals surface area contributed by atoms with Gasteiger partial charge in [-0.15, -0.1) is 0 Å². The van der Waals surface area contributed by atoms with Gasteiger partial charge in [-0.25, -0.2) is 9.78 Å². The highest BCUT2D eigenvalue weighted by atomic mass is 16.4. The van der Waals surface area contributed by atoms with E-state index in [4.69, 9.17) is 5.11 Å². The fraction of sp³-hybridized carbons (Fsp3) is 0.100. The summed E-state index contributed by atoms with van der Waals surface area (Å²) < 4.78 is 1.73. The van der Waals surface area contributed by atoms with E-state index in [9.17, 15) is 9.59 Å². The van der Waals surface area contributed by atoms with Crippen molar-refractivity contribution in [3.8, 4) is 0 Å². The Kier molecular flexibility index (Phi) is 2.00. The zero-order chi connectivity index (χ0) is 11.0. The number of aryl methyl sites for hydroxylation is 1. The molecular weight excluding hydrogens is 196 g/mol. The van der Waals surface area contributed by atoms with Crippen molar-refractivity contribution in [1.29, 1.82) is 0 Å². The molecule has 5 heteroatoms. The van der Waals surface area contributed by atoms with Gasteiger partial charge in [-0.2, -0.15) is 0 Å². The standard InChI is InChI=1S/C10H8N2O3/c1-12-5-11-8-6(9(13)10(14)15)3-2-4-7(8)12/h2-5H,1H3,(H,14,15). The zero-order valence-corrected chi connectivity index (χ0v) is 7.97. The van der Waals surface area contributed by atoms with E-state index in [0.29, 0.717) is 5.52 Å². The number of benzene rings is 1. The highest BCUT2D eigenvalue weighted by Crippen LogP contribution is 2.16. The molecule has 2 aromatic rings. The monoisotopic (exact) mass is 204 g/mol. The van der Waals surface area contributed by atoms with E-state index in [1.54, 1.807) is 30.1 Å². The van der Waals surface area contributed by atoms with Gasteiger partial charge in [-0.3, -0.25) is 4.79 Å². The van der Waals surface area contributed by atoms with Crippen LogP contribution in [0.4, 0.5) is 0 Å². The van der Waals surface area contributed by atoms with Crippen molar-refractivity contribution in [2.24, 2.45) is 7.05 Å². The smallest absolute Gasteiger partial charge is 0.377 e. The first-order chi connectivity index (χ1) is 7.11. The Morgan fingerprint density at radius 3 is 2.80 bits per heavy atom. The van der Waals surface area contributed by atoms with Crippen LogP contribution in [0.15, 0.2) is 24.5 Å². The molecule has 1 aromatic heterocycles. The second-order valence-electron chi connectivity index (χ2n) is 3.16. The van der Waals surface area contributed by atoms with Gasteiger partial charge < -0.3 is 9.67 Å². The number of fused-ring (bicyclic) bond motifs is 1. The number of hydrogen-bond donors (Lipinski definition) is 1. The molecular formula is C10H8N2O3. The van der Waals surface area contributed by atoms with Gasteiger partial charge in [0, 0.05) is 7.05 Å². The highest BCUT2D eigenvalue weighted by molar-refractivity contribution is 6.41. The van der Waals surface area contributed by atoms with Crippen molar-refractivity contribution in [2.45, 2.75) is 0 Å². The summed E-state index contributed by atoms with van der Waals surface area (Å²) in [5.74, 6) is -2.40. The van der Waals surface area contributed by atoms with Crippen molar-refractivity contribution in [1.82, 2.24) is 9.55 Å². The molecule has 1 heterocycles. The molecule has 0 radical (unpaired) electrons. The third kappa shape index (κ3) is 1.38. The molecule has 0 saturated heterocycles. The maximum Gasteiger partial charge on any atom is 0.377 e. The lowest BCUT2D eigenvalue weighted by molar-refractivity contribution is -0.131. The number of hydrogen-bond acceptors (Lipinski definition) is 3. The number of rotatable bonds is 2. The van der Waals surface area contributed by atoms with Crippen molar-refractivity contribution >= 4 is 22.8 Å². The molecule has 0 aliphatic carbocycles. The number of imidazole rings is 1. The van der Waals surface area contributed by atoms with Crippen LogP contribution in [0.5, 0.6) is 0 Å². The molecule has 15 heavy (non-hydrogen) atoms. The summed E-state index contributed by atoms with van der Waals surface area (Å²) in [6.45, 7) is 0. The number of nitrogens with zero attached hydrogens (tertiary/aromatic N) is 2. The average Bonchev–Trinajstić information content (AvgIpc) is 2.59. The normalized spacial score (nSPS) is 10.5. The fourth-order valence-corrected chi connectivity index (χ4v) is 1.46. The van der Waals surface area contributed by atoms with Gasteiger partial charge in [-0.05, 0) is 12.1 Å². The van der Waals surface area contributed by atoms with Crippen LogP contribution < -0.4 is 0 Å². The fourth-order valence-electron chi connectivity index (χ4n) is 1.46. The molecule has 2 rings (SSSR count). The van der Waals surface area contributed by atoms with E-state index < -0.39 is 11.8 Å². The number of carbonyl (C=O) groups is 2. The molecule has 0 fully saturated rings. The van der Waals surface area contributed by atoms with Crippen LogP contribution in [-0.2, 0) is 11.8 Å². The molecule has 0 spiro atoms. The minimum Gasteiger partial charge on any atom is -0.475 e. The highest BCUT2D eigenvalue weighted by Gasteiger charge is 2.18. The topological polar surface area (TPSA) is 72.2 Å². The quantitative estimate of drug-likeness (QED) is 0.581. The number of aliphatic carboxylic acids is 1. The predicted molar refractivity (Wildman–Crippen MR) is 52.7 cm³/mol. The van der Waals surface area contributed by atoms with E-state index >= 15 is 0 Å². The molecule has 0 bridgehead atoms. The minimum absolute atomic E-state index is 0.126. The van der Waals surface area contributed by atoms with Crippen LogP contribution in [0, 0.1) is 0 Å². The summed E-state index contributed by atoms with van der Waals surface area (Å²) in [6, 6.07) is 4.88. The summed E-state index contributed by atoms with van der Waals surface area (Å²) in [5.41, 5.74) is 1.29. The Labute approximate surface area is 85.0 Å². The van der Waals surface area contributed by atoms with E-state index in [-0.39, 0.29) is 5.56 Å². The lowest BCUT2D eigenvalue weighted by Crippen LogP contribution is -2.13.